The van der Waals surface area contributed by atoms with E-state index in [0.717, 1.165) is 0 Å². The molecule has 0 spiro atoms. The summed E-state index contributed by atoms with van der Waals surface area (Å²) in [5.74, 6) is -0.211. The second-order valence-corrected chi connectivity index (χ2v) is 7.18. The summed E-state index contributed by atoms with van der Waals surface area (Å²) in [4.78, 5) is 26.5. The van der Waals surface area contributed by atoms with Crippen LogP contribution < -0.4 is 0 Å². The molecule has 0 unspecified atom stereocenters. The summed E-state index contributed by atoms with van der Waals surface area (Å²) in [5, 5.41) is 0. The van der Waals surface area contributed by atoms with Crippen LogP contribution in [0.2, 0.25) is 0 Å². The fourth-order valence-corrected chi connectivity index (χ4v) is 3.17. The number of rotatable bonds is 1. The lowest BCUT2D eigenvalue weighted by Crippen LogP contribution is -2.67. The Kier molecular flexibility index (Phi) is 3.31. The molecule has 0 saturated carbocycles. The summed E-state index contributed by atoms with van der Waals surface area (Å²) in [6.07, 6.45) is 1.12. The van der Waals surface area contributed by atoms with Gasteiger partial charge in [-0.25, -0.2) is 0 Å². The summed E-state index contributed by atoms with van der Waals surface area (Å²) in [7, 11) is 0. The number of carbonyl (C=O) groups excluding carboxylic acids is 2. The van der Waals surface area contributed by atoms with Crippen LogP contribution in [-0.2, 0) is 9.59 Å². The van der Waals surface area contributed by atoms with Crippen molar-refractivity contribution in [3.05, 3.63) is 0 Å². The summed E-state index contributed by atoms with van der Waals surface area (Å²) in [5.41, 5.74) is -0.705. The van der Waals surface area contributed by atoms with Crippen molar-refractivity contribution in [3.8, 4) is 0 Å². The van der Waals surface area contributed by atoms with Crippen molar-refractivity contribution in [1.29, 1.82) is 0 Å². The molecule has 18 heavy (non-hydrogen) atoms. The second-order valence-electron chi connectivity index (χ2n) is 6.09. The van der Waals surface area contributed by atoms with Gasteiger partial charge in [0.1, 0.15) is 5.66 Å². The molecule has 0 aromatic carbocycles. The van der Waals surface area contributed by atoms with Crippen molar-refractivity contribution in [2.45, 2.75) is 44.1 Å². The molecule has 0 aromatic heterocycles. The van der Waals surface area contributed by atoms with Crippen LogP contribution in [-0.4, -0.2) is 45.2 Å². The lowest BCUT2D eigenvalue weighted by Gasteiger charge is -2.54. The summed E-state index contributed by atoms with van der Waals surface area (Å²) in [6, 6.07) is 0. The van der Waals surface area contributed by atoms with Crippen molar-refractivity contribution >= 4 is 35.0 Å². The number of hydrogen-bond acceptors (Lipinski definition) is 2. The number of carbonyl (C=O) groups is 2. The highest BCUT2D eigenvalue weighted by Gasteiger charge is 2.54. The quantitative estimate of drug-likeness (QED) is 0.694. The van der Waals surface area contributed by atoms with Gasteiger partial charge in [0.15, 0.2) is 4.84 Å². The number of hydrogen-bond donors (Lipinski definition) is 0. The maximum Gasteiger partial charge on any atom is 0.257 e. The monoisotopic (exact) mass is 292 g/mol. The number of halogens is 2. The van der Waals surface area contributed by atoms with Gasteiger partial charge in [-0.15, -0.1) is 0 Å². The topological polar surface area (TPSA) is 40.6 Å². The highest BCUT2D eigenvalue weighted by Crippen LogP contribution is 2.42. The molecule has 2 fully saturated rings. The van der Waals surface area contributed by atoms with Crippen molar-refractivity contribution in [2.75, 3.05) is 13.1 Å². The van der Waals surface area contributed by atoms with E-state index in [-0.39, 0.29) is 17.2 Å². The number of fused-ring (bicyclic) bond motifs is 1. The van der Waals surface area contributed by atoms with E-state index in [0.29, 0.717) is 25.9 Å². The Balaban J connectivity index is 2.37. The molecule has 0 radical (unpaired) electrons. The third-order valence-electron chi connectivity index (χ3n) is 3.90. The minimum Gasteiger partial charge on any atom is -0.319 e. The molecule has 0 N–H and O–H groups in total. The molecule has 1 atom stereocenters. The maximum atomic E-state index is 12.2. The molecule has 2 heterocycles. The van der Waals surface area contributed by atoms with Crippen LogP contribution in [0, 0.1) is 5.41 Å². The maximum absolute atomic E-state index is 12.2. The Bertz CT molecular complexity index is 398. The SMILES string of the molecule is CC1(C)CN2C(=O)CC[C@@]2(C)N(C(=O)C(Cl)Cl)C1. The zero-order valence-corrected chi connectivity index (χ0v) is 12.4. The second kappa shape index (κ2) is 4.27. The predicted octanol–water partition coefficient (Wildman–Crippen LogP) is 2.00. The van der Waals surface area contributed by atoms with Crippen molar-refractivity contribution < 1.29 is 9.59 Å². The molecule has 2 amide bonds. The molecule has 102 valence electrons. The first-order chi connectivity index (χ1) is 8.17. The van der Waals surface area contributed by atoms with Crippen molar-refractivity contribution in [3.63, 3.8) is 0 Å². The molecule has 0 aliphatic carbocycles. The molecule has 6 heteroatoms. The summed E-state index contributed by atoms with van der Waals surface area (Å²) in [6.45, 7) is 7.23. The zero-order chi connectivity index (χ0) is 13.7. The minimum absolute atomic E-state index is 0.101. The van der Waals surface area contributed by atoms with E-state index < -0.39 is 10.5 Å². The average molecular weight is 293 g/mol. The van der Waals surface area contributed by atoms with Gasteiger partial charge in [-0.3, -0.25) is 9.59 Å². The molecule has 2 rings (SSSR count). The Hall–Kier alpha value is -0.480. The molecular weight excluding hydrogens is 275 g/mol. The van der Waals surface area contributed by atoms with Crippen LogP contribution in [0.25, 0.3) is 0 Å². The normalized spacial score (nSPS) is 30.9. The Morgan fingerprint density at radius 2 is 1.89 bits per heavy atom. The molecule has 2 aliphatic rings. The zero-order valence-electron chi connectivity index (χ0n) is 10.9. The Morgan fingerprint density at radius 3 is 2.44 bits per heavy atom. The first-order valence-corrected chi connectivity index (χ1v) is 6.95. The van der Waals surface area contributed by atoms with E-state index in [1.165, 1.54) is 0 Å². The average Bonchev–Trinajstić information content (AvgIpc) is 2.54. The van der Waals surface area contributed by atoms with Crippen LogP contribution in [0.4, 0.5) is 0 Å². The number of nitrogens with zero attached hydrogens (tertiary/aromatic N) is 2. The van der Waals surface area contributed by atoms with Gasteiger partial charge in [0.25, 0.3) is 5.91 Å². The van der Waals surface area contributed by atoms with Gasteiger partial charge < -0.3 is 9.80 Å². The van der Waals surface area contributed by atoms with E-state index in [9.17, 15) is 9.59 Å². The third-order valence-corrected chi connectivity index (χ3v) is 4.27. The molecule has 2 saturated heterocycles. The minimum atomic E-state index is -1.08. The fourth-order valence-electron chi connectivity index (χ4n) is 2.93. The van der Waals surface area contributed by atoms with Gasteiger partial charge in [-0.1, -0.05) is 37.0 Å². The van der Waals surface area contributed by atoms with Crippen molar-refractivity contribution in [2.24, 2.45) is 5.41 Å². The number of amides is 2. The summed E-state index contributed by atoms with van der Waals surface area (Å²) >= 11 is 11.4. The Labute approximate surface area is 117 Å². The van der Waals surface area contributed by atoms with Gasteiger partial charge in [-0.2, -0.15) is 0 Å². The van der Waals surface area contributed by atoms with E-state index in [1.807, 2.05) is 20.8 Å². The van der Waals surface area contributed by atoms with Gasteiger partial charge in [0.05, 0.1) is 0 Å². The molecule has 0 bridgehead atoms. The van der Waals surface area contributed by atoms with Gasteiger partial charge >= 0.3 is 0 Å². The van der Waals surface area contributed by atoms with Crippen LogP contribution in [0.15, 0.2) is 0 Å². The fraction of sp³-hybridized carbons (Fsp3) is 0.833. The van der Waals surface area contributed by atoms with Crippen LogP contribution in [0.5, 0.6) is 0 Å². The lowest BCUT2D eigenvalue weighted by atomic mass is 9.86. The van der Waals surface area contributed by atoms with Gasteiger partial charge in [0.2, 0.25) is 5.91 Å². The van der Waals surface area contributed by atoms with Gasteiger partial charge in [0, 0.05) is 24.9 Å². The van der Waals surface area contributed by atoms with Crippen LogP contribution in [0.1, 0.15) is 33.6 Å². The summed E-state index contributed by atoms with van der Waals surface area (Å²) < 4.78 is 0. The van der Waals surface area contributed by atoms with Gasteiger partial charge in [-0.05, 0) is 13.3 Å². The standard InChI is InChI=1S/C12H18Cl2N2O2/c1-11(2)6-15-8(17)4-5-12(15,3)16(7-11)10(18)9(13)14/h9H,4-7H2,1-3H3/t12-/m1/s1. The smallest absolute Gasteiger partial charge is 0.257 e. The first kappa shape index (κ1) is 13.9. The number of alkyl halides is 2. The van der Waals surface area contributed by atoms with E-state index in [1.54, 1.807) is 9.80 Å². The van der Waals surface area contributed by atoms with E-state index in [2.05, 4.69) is 0 Å². The van der Waals surface area contributed by atoms with E-state index >= 15 is 0 Å². The molecule has 4 nitrogen and oxygen atoms in total. The van der Waals surface area contributed by atoms with Crippen LogP contribution in [0.3, 0.4) is 0 Å². The first-order valence-electron chi connectivity index (χ1n) is 6.07. The van der Waals surface area contributed by atoms with Crippen LogP contribution >= 0.6 is 23.2 Å². The van der Waals surface area contributed by atoms with E-state index in [4.69, 9.17) is 23.2 Å². The third kappa shape index (κ3) is 2.10. The molecule has 0 aromatic rings. The Morgan fingerprint density at radius 1 is 1.28 bits per heavy atom. The highest BCUT2D eigenvalue weighted by molar-refractivity contribution is 6.53. The highest BCUT2D eigenvalue weighted by atomic mass is 35.5. The molecule has 2 aliphatic heterocycles. The largest absolute Gasteiger partial charge is 0.319 e. The lowest BCUT2D eigenvalue weighted by molar-refractivity contribution is -0.163. The molecular formula is C12H18Cl2N2O2. The van der Waals surface area contributed by atoms with Crippen molar-refractivity contribution in [1.82, 2.24) is 9.80 Å². The predicted molar refractivity (Wildman–Crippen MR) is 70.3 cm³/mol.